The van der Waals surface area contributed by atoms with E-state index in [4.69, 9.17) is 10.2 Å². The molecule has 0 saturated heterocycles. The first kappa shape index (κ1) is 5.95. The highest BCUT2D eigenvalue weighted by atomic mass is 16.4. The van der Waals surface area contributed by atoms with Gasteiger partial charge in [0.2, 0.25) is 0 Å². The van der Waals surface area contributed by atoms with Crippen molar-refractivity contribution in [3.05, 3.63) is 24.0 Å². The van der Waals surface area contributed by atoms with Crippen molar-refractivity contribution in [2.24, 2.45) is 5.92 Å². The van der Waals surface area contributed by atoms with Crippen LogP contribution < -0.4 is 0 Å². The van der Waals surface area contributed by atoms with E-state index in [1.807, 2.05) is 0 Å². The lowest BCUT2D eigenvalue weighted by atomic mass is 10.1. The van der Waals surface area contributed by atoms with Crippen LogP contribution in [0.4, 0.5) is 0 Å². The first-order valence-electron chi connectivity index (χ1n) is 3.15. The number of rotatable bonds is 0. The van der Waals surface area contributed by atoms with Crippen LogP contribution in [0.2, 0.25) is 0 Å². The fourth-order valence-electron chi connectivity index (χ4n) is 1.38. The summed E-state index contributed by atoms with van der Waals surface area (Å²) in [7, 11) is 0. The molecular formula is C7H8O3. The molecule has 54 valence electrons. The van der Waals surface area contributed by atoms with Gasteiger partial charge in [-0.15, -0.1) is 0 Å². The Kier molecular flexibility index (Phi) is 0.854. The summed E-state index contributed by atoms with van der Waals surface area (Å²) < 4.78 is 0. The average molecular weight is 140 g/mol. The highest BCUT2D eigenvalue weighted by Gasteiger charge is 2.65. The van der Waals surface area contributed by atoms with Gasteiger partial charge < -0.3 is 15.3 Å². The van der Waals surface area contributed by atoms with Crippen molar-refractivity contribution < 1.29 is 15.3 Å². The smallest absolute Gasteiger partial charge is 0.122 e. The second-order valence-corrected chi connectivity index (χ2v) is 2.76. The first-order chi connectivity index (χ1) is 4.66. The molecule has 0 aromatic rings. The van der Waals surface area contributed by atoms with Crippen molar-refractivity contribution >= 4 is 0 Å². The third-order valence-corrected chi connectivity index (χ3v) is 2.13. The summed E-state index contributed by atoms with van der Waals surface area (Å²) in [6.45, 7) is 0. The van der Waals surface area contributed by atoms with Crippen molar-refractivity contribution in [3.8, 4) is 0 Å². The molecule has 1 fully saturated rings. The van der Waals surface area contributed by atoms with E-state index in [2.05, 4.69) is 0 Å². The zero-order chi connectivity index (χ0) is 7.35. The molecule has 0 bridgehead atoms. The van der Waals surface area contributed by atoms with Crippen LogP contribution in [-0.2, 0) is 0 Å². The molecule has 0 aromatic carbocycles. The van der Waals surface area contributed by atoms with Crippen LogP contribution in [0.15, 0.2) is 24.0 Å². The van der Waals surface area contributed by atoms with E-state index in [0.717, 1.165) is 0 Å². The van der Waals surface area contributed by atoms with Gasteiger partial charge in [0, 0.05) is 0 Å². The Hall–Kier alpha value is -0.800. The molecule has 3 heteroatoms. The van der Waals surface area contributed by atoms with Crippen LogP contribution in [0.3, 0.4) is 0 Å². The molecule has 1 saturated carbocycles. The van der Waals surface area contributed by atoms with E-state index in [1.54, 1.807) is 6.08 Å². The van der Waals surface area contributed by atoms with Crippen molar-refractivity contribution in [2.75, 3.05) is 0 Å². The van der Waals surface area contributed by atoms with Gasteiger partial charge in [0.25, 0.3) is 0 Å². The number of fused-ring (bicyclic) bond motifs is 1. The number of hydrogen-bond donors (Lipinski definition) is 3. The Morgan fingerprint density at radius 1 is 1.50 bits per heavy atom. The number of allylic oxidation sites excluding steroid dienone is 2. The molecule has 0 heterocycles. The Morgan fingerprint density at radius 2 is 2.20 bits per heavy atom. The molecule has 3 atom stereocenters. The van der Waals surface area contributed by atoms with Crippen LogP contribution >= 0.6 is 0 Å². The van der Waals surface area contributed by atoms with Gasteiger partial charge in [-0.05, 0) is 12.2 Å². The zero-order valence-electron chi connectivity index (χ0n) is 5.23. The summed E-state index contributed by atoms with van der Waals surface area (Å²) in [5.41, 5.74) is -1.17. The summed E-state index contributed by atoms with van der Waals surface area (Å²) in [6, 6.07) is 0. The predicted octanol–water partition coefficient (Wildman–Crippen LogP) is -0.280. The molecule has 0 amide bonds. The molecule has 2 rings (SSSR count). The molecular weight excluding hydrogens is 132 g/mol. The molecule has 0 aromatic heterocycles. The fraction of sp³-hybridized carbons (Fsp3) is 0.429. The molecule has 0 spiro atoms. The lowest BCUT2D eigenvalue weighted by Gasteiger charge is -2.05. The Morgan fingerprint density at radius 3 is 2.70 bits per heavy atom. The van der Waals surface area contributed by atoms with Gasteiger partial charge in [0.05, 0.1) is 5.92 Å². The Bertz CT molecular complexity index is 231. The highest BCUT2D eigenvalue weighted by molar-refractivity contribution is 5.38. The molecule has 3 N–H and O–H groups in total. The average Bonchev–Trinajstić information content (AvgIpc) is 2.38. The topological polar surface area (TPSA) is 60.7 Å². The summed E-state index contributed by atoms with van der Waals surface area (Å²) in [5.74, 6) is -0.407. The fourth-order valence-corrected chi connectivity index (χ4v) is 1.38. The predicted molar refractivity (Wildman–Crippen MR) is 34.3 cm³/mol. The summed E-state index contributed by atoms with van der Waals surface area (Å²) in [4.78, 5) is 0. The van der Waals surface area contributed by atoms with Gasteiger partial charge in [0.15, 0.2) is 0 Å². The van der Waals surface area contributed by atoms with Crippen LogP contribution in [0.1, 0.15) is 0 Å². The molecule has 10 heavy (non-hydrogen) atoms. The van der Waals surface area contributed by atoms with Crippen molar-refractivity contribution in [2.45, 2.75) is 11.7 Å². The number of hydrogen-bond acceptors (Lipinski definition) is 3. The standard InChI is InChI=1S/C7H8O3/c8-4-2-1-3-7(10)5(4)6(7)9/h1-3,5-6,8-10H. The SMILES string of the molecule is OC1=CC=CC2(O)C(O)C12. The maximum Gasteiger partial charge on any atom is 0.122 e. The minimum Gasteiger partial charge on any atom is -0.512 e. The number of aliphatic hydroxyl groups excluding tert-OH is 2. The van der Waals surface area contributed by atoms with Crippen molar-refractivity contribution in [3.63, 3.8) is 0 Å². The molecule has 2 aliphatic carbocycles. The highest BCUT2D eigenvalue weighted by Crippen LogP contribution is 2.50. The normalized spacial score (nSPS) is 50.0. The lowest BCUT2D eigenvalue weighted by molar-refractivity contribution is 0.123. The summed E-state index contributed by atoms with van der Waals surface area (Å²) in [6.07, 6.45) is 3.71. The third kappa shape index (κ3) is 0.473. The molecule has 3 nitrogen and oxygen atoms in total. The maximum atomic E-state index is 9.35. The largest absolute Gasteiger partial charge is 0.512 e. The quantitative estimate of drug-likeness (QED) is 0.433. The van der Waals surface area contributed by atoms with E-state index >= 15 is 0 Å². The van der Waals surface area contributed by atoms with Gasteiger partial charge in [-0.2, -0.15) is 0 Å². The van der Waals surface area contributed by atoms with Crippen LogP contribution in [0.25, 0.3) is 0 Å². The van der Waals surface area contributed by atoms with E-state index in [-0.39, 0.29) is 5.76 Å². The van der Waals surface area contributed by atoms with Gasteiger partial charge in [-0.1, -0.05) is 6.08 Å². The second-order valence-electron chi connectivity index (χ2n) is 2.76. The van der Waals surface area contributed by atoms with E-state index in [0.29, 0.717) is 0 Å². The first-order valence-corrected chi connectivity index (χ1v) is 3.15. The van der Waals surface area contributed by atoms with Crippen LogP contribution in [0, 0.1) is 5.92 Å². The monoisotopic (exact) mass is 140 g/mol. The van der Waals surface area contributed by atoms with Gasteiger partial charge in [0.1, 0.15) is 17.5 Å². The summed E-state index contributed by atoms with van der Waals surface area (Å²) >= 11 is 0. The number of aliphatic hydroxyl groups is 3. The van der Waals surface area contributed by atoms with Crippen LogP contribution in [-0.4, -0.2) is 27.0 Å². The van der Waals surface area contributed by atoms with Crippen LogP contribution in [0.5, 0.6) is 0 Å². The lowest BCUT2D eigenvalue weighted by Crippen LogP contribution is -2.12. The van der Waals surface area contributed by atoms with Gasteiger partial charge in [-0.25, -0.2) is 0 Å². The maximum absolute atomic E-state index is 9.35. The minimum atomic E-state index is -1.17. The zero-order valence-corrected chi connectivity index (χ0v) is 5.23. The molecule has 0 aliphatic heterocycles. The van der Waals surface area contributed by atoms with Gasteiger partial charge >= 0.3 is 0 Å². The Balaban J connectivity index is 2.36. The Labute approximate surface area is 57.9 Å². The molecule has 2 aliphatic rings. The summed E-state index contributed by atoms with van der Waals surface area (Å²) in [5, 5.41) is 27.4. The molecule has 0 radical (unpaired) electrons. The van der Waals surface area contributed by atoms with Gasteiger partial charge in [-0.3, -0.25) is 0 Å². The second kappa shape index (κ2) is 1.44. The third-order valence-electron chi connectivity index (χ3n) is 2.13. The van der Waals surface area contributed by atoms with E-state index < -0.39 is 17.6 Å². The van der Waals surface area contributed by atoms with Crippen molar-refractivity contribution in [1.29, 1.82) is 0 Å². The molecule has 3 unspecified atom stereocenters. The van der Waals surface area contributed by atoms with E-state index in [9.17, 15) is 5.11 Å². The minimum absolute atomic E-state index is 0.0671. The van der Waals surface area contributed by atoms with E-state index in [1.165, 1.54) is 12.2 Å². The van der Waals surface area contributed by atoms with Crippen molar-refractivity contribution in [1.82, 2.24) is 0 Å².